The Morgan fingerprint density at radius 3 is 2.22 bits per heavy atom. The minimum absolute atomic E-state index is 0.324. The van der Waals surface area contributed by atoms with Crippen LogP contribution in [0.5, 0.6) is 5.75 Å². The molecular formula is C21H28N2O3S. The standard InChI is InChI=1S/C21H28N2O3S/c1-4-18-8-6-7-17(3)21(18)22-13-15-23(16-14-22)27(24,25)20-11-9-19(10-12-20)26-5-2/h6-12H,4-5,13-16H2,1-3H3. The molecule has 2 aromatic carbocycles. The van der Waals surface area contributed by atoms with Crippen LogP contribution in [0.1, 0.15) is 25.0 Å². The maximum Gasteiger partial charge on any atom is 0.243 e. The van der Waals surface area contributed by atoms with Crippen molar-refractivity contribution in [3.63, 3.8) is 0 Å². The third-order valence-corrected chi connectivity index (χ3v) is 6.94. The SMILES string of the molecule is CCOc1ccc(S(=O)(=O)N2CCN(c3c(C)cccc3CC)CC2)cc1. The van der Waals surface area contributed by atoms with Crippen LogP contribution >= 0.6 is 0 Å². The van der Waals surface area contributed by atoms with E-state index in [9.17, 15) is 8.42 Å². The Balaban J connectivity index is 1.73. The van der Waals surface area contributed by atoms with Crippen LogP contribution < -0.4 is 9.64 Å². The number of para-hydroxylation sites is 1. The van der Waals surface area contributed by atoms with E-state index in [0.29, 0.717) is 43.4 Å². The monoisotopic (exact) mass is 388 g/mol. The van der Waals surface area contributed by atoms with Crippen molar-refractivity contribution in [3.05, 3.63) is 53.6 Å². The lowest BCUT2D eigenvalue weighted by molar-refractivity contribution is 0.340. The highest BCUT2D eigenvalue weighted by Crippen LogP contribution is 2.28. The van der Waals surface area contributed by atoms with E-state index in [1.54, 1.807) is 28.6 Å². The van der Waals surface area contributed by atoms with Gasteiger partial charge in [-0.15, -0.1) is 0 Å². The number of hydrogen-bond donors (Lipinski definition) is 0. The molecule has 0 bridgehead atoms. The summed E-state index contributed by atoms with van der Waals surface area (Å²) in [5.41, 5.74) is 3.83. The van der Waals surface area contributed by atoms with Crippen molar-refractivity contribution < 1.29 is 13.2 Å². The predicted octanol–water partition coefficient (Wildman–Crippen LogP) is 3.47. The lowest BCUT2D eigenvalue weighted by Crippen LogP contribution is -2.49. The fourth-order valence-electron chi connectivity index (χ4n) is 3.63. The summed E-state index contributed by atoms with van der Waals surface area (Å²) in [5.74, 6) is 0.688. The summed E-state index contributed by atoms with van der Waals surface area (Å²) in [5, 5.41) is 0. The number of piperazine rings is 1. The van der Waals surface area contributed by atoms with Crippen LogP contribution in [0.3, 0.4) is 0 Å². The molecule has 1 heterocycles. The summed E-state index contributed by atoms with van der Waals surface area (Å²) < 4.78 is 32.9. The molecule has 0 aromatic heterocycles. The molecule has 0 spiro atoms. The van der Waals surface area contributed by atoms with Crippen molar-refractivity contribution in [1.82, 2.24) is 4.31 Å². The summed E-state index contributed by atoms with van der Waals surface area (Å²) in [4.78, 5) is 2.64. The number of sulfonamides is 1. The van der Waals surface area contributed by atoms with Crippen LogP contribution in [0, 0.1) is 6.92 Å². The van der Waals surface area contributed by atoms with Gasteiger partial charge in [0.15, 0.2) is 0 Å². The van der Waals surface area contributed by atoms with Crippen molar-refractivity contribution in [1.29, 1.82) is 0 Å². The van der Waals surface area contributed by atoms with Gasteiger partial charge < -0.3 is 9.64 Å². The highest BCUT2D eigenvalue weighted by molar-refractivity contribution is 7.89. The summed E-state index contributed by atoms with van der Waals surface area (Å²) in [6.45, 7) is 9.14. The highest BCUT2D eigenvalue weighted by Gasteiger charge is 2.29. The number of anilines is 1. The molecule has 6 heteroatoms. The van der Waals surface area contributed by atoms with Crippen molar-refractivity contribution >= 4 is 15.7 Å². The number of aryl methyl sites for hydroxylation is 2. The highest BCUT2D eigenvalue weighted by atomic mass is 32.2. The molecule has 1 aliphatic heterocycles. The first-order chi connectivity index (χ1) is 13.0. The van der Waals surface area contributed by atoms with E-state index in [0.717, 1.165) is 6.42 Å². The minimum atomic E-state index is -3.47. The molecule has 1 saturated heterocycles. The molecule has 3 rings (SSSR count). The van der Waals surface area contributed by atoms with E-state index in [-0.39, 0.29) is 0 Å². The first kappa shape index (κ1) is 19.7. The van der Waals surface area contributed by atoms with Crippen molar-refractivity contribution in [2.24, 2.45) is 0 Å². The van der Waals surface area contributed by atoms with Gasteiger partial charge >= 0.3 is 0 Å². The topological polar surface area (TPSA) is 49.9 Å². The van der Waals surface area contributed by atoms with Crippen LogP contribution in [0.4, 0.5) is 5.69 Å². The van der Waals surface area contributed by atoms with Crippen molar-refractivity contribution in [3.8, 4) is 5.75 Å². The van der Waals surface area contributed by atoms with E-state index < -0.39 is 10.0 Å². The summed E-state index contributed by atoms with van der Waals surface area (Å²) >= 11 is 0. The van der Waals surface area contributed by atoms with Gasteiger partial charge in [-0.25, -0.2) is 8.42 Å². The zero-order valence-corrected chi connectivity index (χ0v) is 17.1. The molecule has 0 saturated carbocycles. The third-order valence-electron chi connectivity index (χ3n) is 5.03. The molecule has 146 valence electrons. The second-order valence-corrected chi connectivity index (χ2v) is 8.67. The molecule has 1 aliphatic rings. The van der Waals surface area contributed by atoms with Crippen LogP contribution in [0.2, 0.25) is 0 Å². The van der Waals surface area contributed by atoms with E-state index >= 15 is 0 Å². The predicted molar refractivity (Wildman–Crippen MR) is 109 cm³/mol. The minimum Gasteiger partial charge on any atom is -0.494 e. The molecule has 0 radical (unpaired) electrons. The summed E-state index contributed by atoms with van der Waals surface area (Å²) in [6.07, 6.45) is 0.974. The number of benzene rings is 2. The van der Waals surface area contributed by atoms with E-state index in [2.05, 4.69) is 36.9 Å². The third kappa shape index (κ3) is 4.12. The number of ether oxygens (including phenoxy) is 1. The van der Waals surface area contributed by atoms with Gasteiger partial charge in [0.05, 0.1) is 11.5 Å². The fourth-order valence-corrected chi connectivity index (χ4v) is 5.06. The largest absolute Gasteiger partial charge is 0.494 e. The molecule has 5 nitrogen and oxygen atoms in total. The smallest absolute Gasteiger partial charge is 0.243 e. The first-order valence-corrected chi connectivity index (χ1v) is 11.0. The summed E-state index contributed by atoms with van der Waals surface area (Å²) in [7, 11) is -3.47. The second kappa shape index (κ2) is 8.31. The van der Waals surface area contributed by atoms with Gasteiger partial charge in [-0.05, 0) is 55.7 Å². The lowest BCUT2D eigenvalue weighted by Gasteiger charge is -2.37. The van der Waals surface area contributed by atoms with Crippen molar-refractivity contribution in [2.75, 3.05) is 37.7 Å². The Morgan fingerprint density at radius 1 is 0.963 bits per heavy atom. The molecule has 0 unspecified atom stereocenters. The Labute approximate surface area is 162 Å². The molecule has 0 amide bonds. The number of hydrogen-bond acceptors (Lipinski definition) is 4. The quantitative estimate of drug-likeness (QED) is 0.760. The fraction of sp³-hybridized carbons (Fsp3) is 0.429. The molecule has 0 aliphatic carbocycles. The van der Waals surface area contributed by atoms with Gasteiger partial charge in [-0.2, -0.15) is 4.31 Å². The molecule has 2 aromatic rings. The van der Waals surface area contributed by atoms with Crippen LogP contribution in [0.15, 0.2) is 47.4 Å². The zero-order valence-electron chi connectivity index (χ0n) is 16.3. The Bertz CT molecular complexity index is 871. The van der Waals surface area contributed by atoms with E-state index in [4.69, 9.17) is 4.74 Å². The van der Waals surface area contributed by atoms with Gasteiger partial charge in [-0.1, -0.05) is 25.1 Å². The van der Waals surface area contributed by atoms with Gasteiger partial charge in [-0.3, -0.25) is 0 Å². The molecule has 0 atom stereocenters. The lowest BCUT2D eigenvalue weighted by atomic mass is 10.0. The van der Waals surface area contributed by atoms with Gasteiger partial charge in [0.2, 0.25) is 10.0 Å². The van der Waals surface area contributed by atoms with Crippen molar-refractivity contribution in [2.45, 2.75) is 32.1 Å². The average Bonchev–Trinajstić information content (AvgIpc) is 2.68. The van der Waals surface area contributed by atoms with Crippen LogP contribution in [-0.4, -0.2) is 45.5 Å². The van der Waals surface area contributed by atoms with Gasteiger partial charge in [0.25, 0.3) is 0 Å². The van der Waals surface area contributed by atoms with E-state index in [1.807, 2.05) is 6.92 Å². The molecular weight excluding hydrogens is 360 g/mol. The Kier molecular flexibility index (Phi) is 6.07. The van der Waals surface area contributed by atoms with Crippen LogP contribution in [0.25, 0.3) is 0 Å². The van der Waals surface area contributed by atoms with Crippen LogP contribution in [-0.2, 0) is 16.4 Å². The number of rotatable bonds is 6. The first-order valence-electron chi connectivity index (χ1n) is 9.53. The Hall–Kier alpha value is -2.05. The maximum atomic E-state index is 13.0. The summed E-state index contributed by atoms with van der Waals surface area (Å²) in [6, 6.07) is 13.1. The molecule has 1 fully saturated rings. The van der Waals surface area contributed by atoms with Gasteiger partial charge in [0.1, 0.15) is 5.75 Å². The second-order valence-electron chi connectivity index (χ2n) is 6.73. The number of nitrogens with zero attached hydrogens (tertiary/aromatic N) is 2. The Morgan fingerprint density at radius 2 is 1.63 bits per heavy atom. The molecule has 0 N–H and O–H groups in total. The molecule has 27 heavy (non-hydrogen) atoms. The van der Waals surface area contributed by atoms with Gasteiger partial charge in [0, 0.05) is 31.9 Å². The maximum absolute atomic E-state index is 13.0. The van der Waals surface area contributed by atoms with E-state index in [1.165, 1.54) is 16.8 Å². The average molecular weight is 389 g/mol. The zero-order chi connectivity index (χ0) is 19.4. The normalized spacial score (nSPS) is 15.7.